The zero-order valence-corrected chi connectivity index (χ0v) is 8.76. The first-order valence-electron chi connectivity index (χ1n) is 4.98. The fourth-order valence-electron chi connectivity index (χ4n) is 1.68. The van der Waals surface area contributed by atoms with E-state index in [1.165, 1.54) is 11.1 Å². The molecule has 0 fully saturated rings. The molecule has 0 aliphatic heterocycles. The Bertz CT molecular complexity index is 341. The van der Waals surface area contributed by atoms with Crippen LogP contribution >= 0.6 is 0 Å². The fourth-order valence-corrected chi connectivity index (χ4v) is 1.68. The summed E-state index contributed by atoms with van der Waals surface area (Å²) in [7, 11) is 0. The Labute approximate surface area is 89.9 Å². The van der Waals surface area contributed by atoms with Gasteiger partial charge in [0.25, 0.3) is 0 Å². The minimum Gasteiger partial charge on any atom is -0.269 e. The van der Waals surface area contributed by atoms with Gasteiger partial charge in [0.1, 0.15) is 0 Å². The van der Waals surface area contributed by atoms with E-state index in [0.717, 1.165) is 0 Å². The van der Waals surface area contributed by atoms with E-state index >= 15 is 0 Å². The van der Waals surface area contributed by atoms with Crippen LogP contribution in [0.5, 0.6) is 0 Å². The van der Waals surface area contributed by atoms with Crippen LogP contribution in [0.4, 0.5) is 4.70 Å². The maximum Gasteiger partial charge on any atom is 0.00610 e. The standard InChI is InChI=1S/C14H14.FH/c1-12(13-8-4-2-5-9-13)14-10-6-3-7-11-14;/h2-12H,1H3;1H. The summed E-state index contributed by atoms with van der Waals surface area (Å²) in [6.45, 7) is 2.24. The third kappa shape index (κ3) is 2.66. The van der Waals surface area contributed by atoms with Crippen molar-refractivity contribution in [1.29, 1.82) is 0 Å². The van der Waals surface area contributed by atoms with Gasteiger partial charge in [-0.05, 0) is 11.1 Å². The van der Waals surface area contributed by atoms with Gasteiger partial charge in [-0.1, -0.05) is 67.6 Å². The summed E-state index contributed by atoms with van der Waals surface area (Å²) in [4.78, 5) is 0. The molecule has 2 aromatic rings. The van der Waals surface area contributed by atoms with Crippen LogP contribution in [0.1, 0.15) is 24.0 Å². The van der Waals surface area contributed by atoms with Crippen LogP contribution in [0.25, 0.3) is 0 Å². The molecule has 0 radical (unpaired) electrons. The van der Waals surface area contributed by atoms with E-state index in [1.807, 2.05) is 0 Å². The van der Waals surface area contributed by atoms with Crippen LogP contribution in [0.2, 0.25) is 0 Å². The van der Waals surface area contributed by atoms with Gasteiger partial charge in [-0.25, -0.2) is 0 Å². The van der Waals surface area contributed by atoms with E-state index in [-0.39, 0.29) is 4.70 Å². The predicted octanol–water partition coefficient (Wildman–Crippen LogP) is 3.99. The van der Waals surface area contributed by atoms with E-state index in [9.17, 15) is 0 Å². The highest BCUT2D eigenvalue weighted by molar-refractivity contribution is 5.31. The average Bonchev–Trinajstić information content (AvgIpc) is 2.30. The fraction of sp³-hybridized carbons (Fsp3) is 0.143. The molecule has 0 aromatic heterocycles. The first-order valence-corrected chi connectivity index (χ1v) is 4.98. The number of halogens is 1. The van der Waals surface area contributed by atoms with Crippen molar-refractivity contribution < 1.29 is 4.70 Å². The third-order valence-electron chi connectivity index (χ3n) is 2.60. The van der Waals surface area contributed by atoms with Gasteiger partial charge in [-0.2, -0.15) is 0 Å². The smallest absolute Gasteiger partial charge is 0.00610 e. The van der Waals surface area contributed by atoms with E-state index in [0.29, 0.717) is 5.92 Å². The SMILES string of the molecule is CC(c1ccccc1)c1ccccc1.F. The summed E-state index contributed by atoms with van der Waals surface area (Å²) in [5.41, 5.74) is 2.75. The summed E-state index contributed by atoms with van der Waals surface area (Å²) < 4.78 is 0. The third-order valence-corrected chi connectivity index (χ3v) is 2.60. The summed E-state index contributed by atoms with van der Waals surface area (Å²) in [5, 5.41) is 0. The summed E-state index contributed by atoms with van der Waals surface area (Å²) >= 11 is 0. The van der Waals surface area contributed by atoms with Crippen molar-refractivity contribution in [2.24, 2.45) is 0 Å². The molecule has 0 aliphatic rings. The van der Waals surface area contributed by atoms with Crippen LogP contribution in [0.3, 0.4) is 0 Å². The van der Waals surface area contributed by atoms with Gasteiger partial charge < -0.3 is 0 Å². The topological polar surface area (TPSA) is 0 Å². The highest BCUT2D eigenvalue weighted by Gasteiger charge is 2.05. The van der Waals surface area contributed by atoms with Crippen molar-refractivity contribution in [2.75, 3.05) is 0 Å². The Hall–Kier alpha value is -1.63. The van der Waals surface area contributed by atoms with Crippen molar-refractivity contribution in [3.8, 4) is 0 Å². The van der Waals surface area contributed by atoms with E-state index in [2.05, 4.69) is 67.6 Å². The second kappa shape index (κ2) is 5.30. The van der Waals surface area contributed by atoms with Gasteiger partial charge in [0.2, 0.25) is 0 Å². The lowest BCUT2D eigenvalue weighted by atomic mass is 9.93. The Morgan fingerprint density at radius 1 is 0.667 bits per heavy atom. The number of hydrogen-bond donors (Lipinski definition) is 0. The zero-order valence-electron chi connectivity index (χ0n) is 8.76. The summed E-state index contributed by atoms with van der Waals surface area (Å²) in [6, 6.07) is 21.2. The molecule has 0 saturated heterocycles. The molecule has 0 aliphatic carbocycles. The quantitative estimate of drug-likeness (QED) is 0.690. The first-order chi connectivity index (χ1) is 6.88. The molecule has 0 unspecified atom stereocenters. The van der Waals surface area contributed by atoms with Crippen LogP contribution < -0.4 is 0 Å². The van der Waals surface area contributed by atoms with Crippen molar-refractivity contribution >= 4 is 0 Å². The van der Waals surface area contributed by atoms with Crippen LogP contribution in [0.15, 0.2) is 60.7 Å². The average molecular weight is 202 g/mol. The van der Waals surface area contributed by atoms with Crippen molar-refractivity contribution in [3.63, 3.8) is 0 Å². The summed E-state index contributed by atoms with van der Waals surface area (Å²) in [6.07, 6.45) is 0. The predicted molar refractivity (Wildman–Crippen MR) is 62.9 cm³/mol. The summed E-state index contributed by atoms with van der Waals surface area (Å²) in [5.74, 6) is 0.484. The van der Waals surface area contributed by atoms with Crippen LogP contribution in [-0.4, -0.2) is 0 Å². The van der Waals surface area contributed by atoms with Gasteiger partial charge in [0.15, 0.2) is 0 Å². The van der Waals surface area contributed by atoms with Gasteiger partial charge in [-0.3, -0.25) is 4.70 Å². The van der Waals surface area contributed by atoms with E-state index in [4.69, 9.17) is 0 Å². The molecular formula is C14H15F. The Morgan fingerprint density at radius 3 is 1.33 bits per heavy atom. The molecule has 0 nitrogen and oxygen atoms in total. The Morgan fingerprint density at radius 2 is 1.00 bits per heavy atom. The normalized spacial score (nSPS) is 9.73. The maximum absolute atomic E-state index is 2.24. The minimum atomic E-state index is 0. The molecule has 15 heavy (non-hydrogen) atoms. The van der Waals surface area contributed by atoms with Gasteiger partial charge >= 0.3 is 0 Å². The van der Waals surface area contributed by atoms with Crippen LogP contribution in [0, 0.1) is 0 Å². The molecular weight excluding hydrogens is 187 g/mol. The monoisotopic (exact) mass is 202 g/mol. The lowest BCUT2D eigenvalue weighted by Crippen LogP contribution is -1.94. The number of rotatable bonds is 2. The van der Waals surface area contributed by atoms with Crippen molar-refractivity contribution in [3.05, 3.63) is 71.8 Å². The molecule has 0 atom stereocenters. The molecule has 1 heteroatoms. The van der Waals surface area contributed by atoms with Crippen molar-refractivity contribution in [1.82, 2.24) is 0 Å². The molecule has 0 saturated carbocycles. The second-order valence-corrected chi connectivity index (χ2v) is 3.54. The van der Waals surface area contributed by atoms with Crippen molar-refractivity contribution in [2.45, 2.75) is 12.8 Å². The Balaban J connectivity index is 0.00000112. The van der Waals surface area contributed by atoms with E-state index < -0.39 is 0 Å². The molecule has 0 heterocycles. The molecule has 0 N–H and O–H groups in total. The minimum absolute atomic E-state index is 0. The van der Waals surface area contributed by atoms with Gasteiger partial charge in [0.05, 0.1) is 0 Å². The van der Waals surface area contributed by atoms with E-state index in [1.54, 1.807) is 0 Å². The molecule has 2 aromatic carbocycles. The molecule has 0 amide bonds. The first kappa shape index (κ1) is 11.4. The highest BCUT2D eigenvalue weighted by Crippen LogP contribution is 2.22. The molecule has 0 spiro atoms. The lowest BCUT2D eigenvalue weighted by molar-refractivity contribution is 0.922. The number of hydrogen-bond acceptors (Lipinski definition) is 0. The largest absolute Gasteiger partial charge is 0.269 e. The maximum atomic E-state index is 2.24. The zero-order chi connectivity index (χ0) is 9.80. The second-order valence-electron chi connectivity index (χ2n) is 3.54. The molecule has 78 valence electrons. The molecule has 2 rings (SSSR count). The van der Waals surface area contributed by atoms with Crippen LogP contribution in [-0.2, 0) is 0 Å². The molecule has 0 bridgehead atoms. The Kier molecular flexibility index (Phi) is 4.04. The van der Waals surface area contributed by atoms with Gasteiger partial charge in [-0.15, -0.1) is 0 Å². The lowest BCUT2D eigenvalue weighted by Gasteiger charge is -2.11. The van der Waals surface area contributed by atoms with Gasteiger partial charge in [0, 0.05) is 5.92 Å². The highest BCUT2D eigenvalue weighted by atomic mass is 19.0. The number of benzene rings is 2.